The van der Waals surface area contributed by atoms with Gasteiger partial charge in [-0.1, -0.05) is 105 Å². The van der Waals surface area contributed by atoms with E-state index in [2.05, 4.69) is 39.5 Å². The third kappa shape index (κ3) is 17.9. The summed E-state index contributed by atoms with van der Waals surface area (Å²) in [6.07, 6.45) is 22.2. The largest absolute Gasteiger partial charge is 0.104 e. The van der Waals surface area contributed by atoms with E-state index in [1.165, 1.54) is 89.9 Å². The topological polar surface area (TPSA) is 0 Å². The smallest absolute Gasteiger partial charge is 0.00886 e. The average Bonchev–Trinajstić information content (AvgIpc) is 2.55. The van der Waals surface area contributed by atoms with Gasteiger partial charge in [0.25, 0.3) is 0 Å². The lowest BCUT2D eigenvalue weighted by molar-refractivity contribution is 0.339. The number of hydrogen-bond acceptors (Lipinski definition) is 0. The van der Waals surface area contributed by atoms with Gasteiger partial charge < -0.3 is 0 Å². The SMILES string of the molecule is CCC#CCCCCCCCCCC(CCCCCC)CC(C)C. The van der Waals surface area contributed by atoms with Crippen molar-refractivity contribution in [1.29, 1.82) is 0 Å². The van der Waals surface area contributed by atoms with Crippen molar-refractivity contribution in [1.82, 2.24) is 0 Å². The summed E-state index contributed by atoms with van der Waals surface area (Å²) in [5.74, 6) is 8.28. The summed E-state index contributed by atoms with van der Waals surface area (Å²) < 4.78 is 0. The van der Waals surface area contributed by atoms with Crippen LogP contribution in [0.15, 0.2) is 0 Å². The van der Waals surface area contributed by atoms with Gasteiger partial charge in [0.1, 0.15) is 0 Å². The molecule has 0 bridgehead atoms. The molecule has 0 aromatic carbocycles. The van der Waals surface area contributed by atoms with Crippen LogP contribution in [0.2, 0.25) is 0 Å². The third-order valence-corrected chi connectivity index (χ3v) is 4.99. The van der Waals surface area contributed by atoms with Gasteiger partial charge in [0.05, 0.1) is 0 Å². The van der Waals surface area contributed by atoms with Gasteiger partial charge in [-0.05, 0) is 24.7 Å². The maximum Gasteiger partial charge on any atom is 0.00886 e. The van der Waals surface area contributed by atoms with Gasteiger partial charge in [-0.3, -0.25) is 0 Å². The molecule has 142 valence electrons. The van der Waals surface area contributed by atoms with Gasteiger partial charge in [0, 0.05) is 12.8 Å². The van der Waals surface area contributed by atoms with Crippen LogP contribution in [0.4, 0.5) is 0 Å². The molecule has 0 aromatic heterocycles. The number of rotatable bonds is 16. The Morgan fingerprint density at radius 3 is 1.71 bits per heavy atom. The minimum absolute atomic E-state index is 0.872. The van der Waals surface area contributed by atoms with Crippen LogP contribution < -0.4 is 0 Å². The second kappa shape index (κ2) is 18.9. The van der Waals surface area contributed by atoms with Crippen molar-refractivity contribution in [3.8, 4) is 11.8 Å². The van der Waals surface area contributed by atoms with Crippen LogP contribution in [0.25, 0.3) is 0 Å². The molecule has 1 unspecified atom stereocenters. The molecule has 0 aliphatic rings. The van der Waals surface area contributed by atoms with Gasteiger partial charge >= 0.3 is 0 Å². The van der Waals surface area contributed by atoms with Crippen molar-refractivity contribution in [2.75, 3.05) is 0 Å². The van der Waals surface area contributed by atoms with E-state index < -0.39 is 0 Å². The number of hydrogen-bond donors (Lipinski definition) is 0. The summed E-state index contributed by atoms with van der Waals surface area (Å²) in [5, 5.41) is 0. The Labute approximate surface area is 154 Å². The zero-order valence-corrected chi connectivity index (χ0v) is 17.5. The molecule has 0 fully saturated rings. The molecule has 0 heteroatoms. The Hall–Kier alpha value is -0.440. The van der Waals surface area contributed by atoms with E-state index in [4.69, 9.17) is 0 Å². The van der Waals surface area contributed by atoms with E-state index >= 15 is 0 Å². The first kappa shape index (κ1) is 23.6. The van der Waals surface area contributed by atoms with Gasteiger partial charge in [-0.2, -0.15) is 0 Å². The Bertz CT molecular complexity index is 291. The second-order valence-corrected chi connectivity index (χ2v) is 8.07. The van der Waals surface area contributed by atoms with Crippen LogP contribution in [0.3, 0.4) is 0 Å². The van der Waals surface area contributed by atoms with Crippen molar-refractivity contribution < 1.29 is 0 Å². The molecule has 0 heterocycles. The molecule has 0 aliphatic carbocycles. The molecular formula is C24H46. The van der Waals surface area contributed by atoms with Crippen LogP contribution >= 0.6 is 0 Å². The zero-order chi connectivity index (χ0) is 17.9. The normalized spacial score (nSPS) is 12.2. The van der Waals surface area contributed by atoms with E-state index in [1.807, 2.05) is 0 Å². The standard InChI is InChI=1S/C24H46/c1-5-7-9-11-12-13-14-15-16-17-19-21-24(22-23(3)4)20-18-10-8-6-2/h23-24H,5-6,8,10-22H2,1-4H3. The van der Waals surface area contributed by atoms with Gasteiger partial charge in [-0.15, -0.1) is 11.8 Å². The van der Waals surface area contributed by atoms with E-state index in [9.17, 15) is 0 Å². The van der Waals surface area contributed by atoms with Crippen molar-refractivity contribution in [3.05, 3.63) is 0 Å². The van der Waals surface area contributed by atoms with Crippen LogP contribution in [0, 0.1) is 23.7 Å². The van der Waals surface area contributed by atoms with Gasteiger partial charge in [0.15, 0.2) is 0 Å². The van der Waals surface area contributed by atoms with Crippen molar-refractivity contribution >= 4 is 0 Å². The van der Waals surface area contributed by atoms with E-state index in [-0.39, 0.29) is 0 Å². The molecule has 0 amide bonds. The summed E-state index contributed by atoms with van der Waals surface area (Å²) in [5.41, 5.74) is 0. The second-order valence-electron chi connectivity index (χ2n) is 8.07. The quantitative estimate of drug-likeness (QED) is 0.196. The number of unbranched alkanes of at least 4 members (excludes halogenated alkanes) is 10. The van der Waals surface area contributed by atoms with Gasteiger partial charge in [0.2, 0.25) is 0 Å². The summed E-state index contributed by atoms with van der Waals surface area (Å²) in [6.45, 7) is 9.22. The molecule has 0 spiro atoms. The lowest BCUT2D eigenvalue weighted by Crippen LogP contribution is -2.05. The average molecular weight is 335 g/mol. The van der Waals surface area contributed by atoms with Crippen LogP contribution in [0.1, 0.15) is 130 Å². The summed E-state index contributed by atoms with van der Waals surface area (Å²) >= 11 is 0. The van der Waals surface area contributed by atoms with Crippen LogP contribution in [-0.2, 0) is 0 Å². The minimum Gasteiger partial charge on any atom is -0.104 e. The molecule has 0 rings (SSSR count). The van der Waals surface area contributed by atoms with Crippen LogP contribution in [-0.4, -0.2) is 0 Å². The fraction of sp³-hybridized carbons (Fsp3) is 0.917. The molecule has 0 saturated heterocycles. The fourth-order valence-corrected chi connectivity index (χ4v) is 3.65. The lowest BCUT2D eigenvalue weighted by atomic mass is 9.87. The molecule has 1 atom stereocenters. The molecular weight excluding hydrogens is 288 g/mol. The highest BCUT2D eigenvalue weighted by molar-refractivity contribution is 4.97. The first-order valence-electron chi connectivity index (χ1n) is 11.2. The minimum atomic E-state index is 0.872. The molecule has 0 radical (unpaired) electrons. The van der Waals surface area contributed by atoms with Crippen LogP contribution in [0.5, 0.6) is 0 Å². The molecule has 0 N–H and O–H groups in total. The Kier molecular flexibility index (Phi) is 18.5. The summed E-state index contributed by atoms with van der Waals surface area (Å²) in [7, 11) is 0. The first-order chi connectivity index (χ1) is 11.7. The predicted octanol–water partition coefficient (Wildman–Crippen LogP) is 8.54. The molecule has 0 aromatic rings. The zero-order valence-electron chi connectivity index (χ0n) is 17.5. The van der Waals surface area contributed by atoms with Crippen molar-refractivity contribution in [3.63, 3.8) is 0 Å². The van der Waals surface area contributed by atoms with E-state index in [0.29, 0.717) is 0 Å². The molecule has 0 aliphatic heterocycles. The molecule has 0 nitrogen and oxygen atoms in total. The maximum atomic E-state index is 3.25. The lowest BCUT2D eigenvalue weighted by Gasteiger charge is -2.19. The van der Waals surface area contributed by atoms with Crippen molar-refractivity contribution in [2.24, 2.45) is 11.8 Å². The molecule has 24 heavy (non-hydrogen) atoms. The fourth-order valence-electron chi connectivity index (χ4n) is 3.65. The van der Waals surface area contributed by atoms with Gasteiger partial charge in [-0.25, -0.2) is 0 Å². The van der Waals surface area contributed by atoms with Crippen molar-refractivity contribution in [2.45, 2.75) is 130 Å². The highest BCUT2D eigenvalue weighted by Crippen LogP contribution is 2.25. The third-order valence-electron chi connectivity index (χ3n) is 4.99. The monoisotopic (exact) mass is 334 g/mol. The predicted molar refractivity (Wildman–Crippen MR) is 111 cm³/mol. The van der Waals surface area contributed by atoms with E-state index in [1.54, 1.807) is 0 Å². The summed E-state index contributed by atoms with van der Waals surface area (Å²) in [4.78, 5) is 0. The summed E-state index contributed by atoms with van der Waals surface area (Å²) in [6, 6.07) is 0. The Morgan fingerprint density at radius 1 is 0.625 bits per heavy atom. The van der Waals surface area contributed by atoms with E-state index in [0.717, 1.165) is 24.7 Å². The first-order valence-corrected chi connectivity index (χ1v) is 11.2. The Morgan fingerprint density at radius 2 is 1.17 bits per heavy atom. The molecule has 0 saturated carbocycles. The maximum absolute atomic E-state index is 3.25. The Balaban J connectivity index is 3.54. The highest BCUT2D eigenvalue weighted by atomic mass is 14.2. The highest BCUT2D eigenvalue weighted by Gasteiger charge is 2.10.